The van der Waals surface area contributed by atoms with Crippen molar-refractivity contribution in [1.29, 1.82) is 0 Å². The van der Waals surface area contributed by atoms with Gasteiger partial charge < -0.3 is 19.9 Å². The maximum Gasteiger partial charge on any atom is 0.409 e. The van der Waals surface area contributed by atoms with Crippen LogP contribution in [0.4, 0.5) is 23.7 Å². The fourth-order valence-electron chi connectivity index (χ4n) is 5.87. The van der Waals surface area contributed by atoms with Crippen molar-refractivity contribution in [3.63, 3.8) is 0 Å². The molecule has 3 amide bonds. The fourth-order valence-corrected chi connectivity index (χ4v) is 6.03. The zero-order valence-corrected chi connectivity index (χ0v) is 22.0. The maximum atomic E-state index is 14.2. The van der Waals surface area contributed by atoms with Gasteiger partial charge in [0.05, 0.1) is 22.9 Å². The van der Waals surface area contributed by atoms with Crippen LogP contribution in [-0.2, 0) is 14.9 Å². The van der Waals surface area contributed by atoms with E-state index in [0.717, 1.165) is 6.20 Å². The van der Waals surface area contributed by atoms with Gasteiger partial charge >= 0.3 is 6.09 Å². The van der Waals surface area contributed by atoms with Crippen LogP contribution in [0, 0.1) is 11.7 Å². The molecule has 208 valence electrons. The van der Waals surface area contributed by atoms with Crippen molar-refractivity contribution in [1.82, 2.24) is 15.2 Å². The average molecular weight is 565 g/mol. The maximum absolute atomic E-state index is 14.2. The van der Waals surface area contributed by atoms with E-state index in [4.69, 9.17) is 16.3 Å². The number of carbonyl (C=O) groups is 3. The molecule has 0 unspecified atom stereocenters. The first-order valence-corrected chi connectivity index (χ1v) is 13.3. The summed E-state index contributed by atoms with van der Waals surface area (Å²) in [5.74, 6) is -1.16. The van der Waals surface area contributed by atoms with Crippen LogP contribution in [0.15, 0.2) is 30.5 Å². The number of nitrogens with zero attached hydrogens (tertiary/aromatic N) is 3. The van der Waals surface area contributed by atoms with Gasteiger partial charge in [0.25, 0.3) is 12.3 Å². The summed E-state index contributed by atoms with van der Waals surface area (Å²) in [4.78, 5) is 45.2. The summed E-state index contributed by atoms with van der Waals surface area (Å²) < 4.78 is 45.9. The van der Waals surface area contributed by atoms with Crippen molar-refractivity contribution < 1.29 is 32.3 Å². The van der Waals surface area contributed by atoms with E-state index in [1.165, 1.54) is 23.1 Å². The first kappa shape index (κ1) is 27.2. The number of ether oxygens (including phenoxy) is 1. The molecule has 1 N–H and O–H groups in total. The second-order valence-electron chi connectivity index (χ2n) is 10.3. The molecule has 3 aliphatic rings. The Morgan fingerprint density at radius 1 is 1.21 bits per heavy atom. The summed E-state index contributed by atoms with van der Waals surface area (Å²) in [5.41, 5.74) is -0.541. The van der Waals surface area contributed by atoms with Gasteiger partial charge in [-0.15, -0.1) is 0 Å². The summed E-state index contributed by atoms with van der Waals surface area (Å²) in [5, 5.41) is 2.90. The van der Waals surface area contributed by atoms with Crippen molar-refractivity contribution in [2.75, 3.05) is 31.1 Å². The minimum atomic E-state index is -2.91. The number of alkyl halides is 2. The molecular weight excluding hydrogens is 537 g/mol. The predicted molar refractivity (Wildman–Crippen MR) is 136 cm³/mol. The van der Waals surface area contributed by atoms with Crippen LogP contribution >= 0.6 is 11.6 Å². The van der Waals surface area contributed by atoms with E-state index >= 15 is 0 Å². The summed E-state index contributed by atoms with van der Waals surface area (Å²) in [6.07, 6.45) is 0.229. The van der Waals surface area contributed by atoms with Gasteiger partial charge in [0, 0.05) is 31.9 Å². The number of likely N-dealkylation sites (tertiary alicyclic amines) is 1. The number of benzene rings is 1. The highest BCUT2D eigenvalue weighted by molar-refractivity contribution is 6.30. The highest BCUT2D eigenvalue weighted by Gasteiger charge is 2.59. The lowest BCUT2D eigenvalue weighted by Gasteiger charge is -2.46. The largest absolute Gasteiger partial charge is 0.450 e. The number of amides is 3. The second kappa shape index (κ2) is 10.7. The van der Waals surface area contributed by atoms with Crippen molar-refractivity contribution in [2.24, 2.45) is 5.92 Å². The first-order valence-electron chi connectivity index (χ1n) is 12.9. The van der Waals surface area contributed by atoms with Crippen LogP contribution in [0.25, 0.3) is 0 Å². The lowest BCUT2D eigenvalue weighted by molar-refractivity contribution is -0.128. The third-order valence-electron chi connectivity index (χ3n) is 7.83. The van der Waals surface area contributed by atoms with Crippen LogP contribution < -0.4 is 10.2 Å². The van der Waals surface area contributed by atoms with Crippen LogP contribution in [0.2, 0.25) is 5.02 Å². The number of carbonyl (C=O) groups excluding carboxylic acids is 3. The van der Waals surface area contributed by atoms with E-state index in [-0.39, 0.29) is 48.1 Å². The number of pyridine rings is 1. The van der Waals surface area contributed by atoms with E-state index in [2.05, 4.69) is 10.3 Å². The number of aromatic nitrogens is 1. The van der Waals surface area contributed by atoms with Gasteiger partial charge in [-0.1, -0.05) is 17.7 Å². The second-order valence-corrected chi connectivity index (χ2v) is 10.7. The Morgan fingerprint density at radius 2 is 1.92 bits per heavy atom. The lowest BCUT2D eigenvalue weighted by Crippen LogP contribution is -2.65. The molecule has 5 rings (SSSR count). The molecule has 1 aromatic carbocycles. The lowest BCUT2D eigenvalue weighted by atomic mass is 9.75. The Kier molecular flexibility index (Phi) is 7.45. The number of rotatable bonds is 6. The van der Waals surface area contributed by atoms with Gasteiger partial charge in [0.1, 0.15) is 16.9 Å². The SMILES string of the molecule is CCOC(=O)N1CC2(C1)C(=O)N(CC1CCC(NC(=O)c3cc(Cl)cnc3C(F)F)CC1)c1cc(F)ccc12. The minimum Gasteiger partial charge on any atom is -0.450 e. The Hall–Kier alpha value is -3.34. The molecule has 1 saturated heterocycles. The molecule has 2 aromatic rings. The van der Waals surface area contributed by atoms with E-state index in [0.29, 0.717) is 43.5 Å². The average Bonchev–Trinajstić information content (AvgIpc) is 3.11. The normalized spacial score (nSPS) is 21.6. The smallest absolute Gasteiger partial charge is 0.409 e. The topological polar surface area (TPSA) is 91.8 Å². The Balaban J connectivity index is 1.23. The monoisotopic (exact) mass is 564 g/mol. The van der Waals surface area contributed by atoms with Crippen LogP contribution in [0.5, 0.6) is 0 Å². The number of fused-ring (bicyclic) bond motifs is 2. The molecule has 12 heteroatoms. The summed E-state index contributed by atoms with van der Waals surface area (Å²) in [6.45, 7) is 2.68. The molecular formula is C27H28ClF3N4O4. The number of hydrogen-bond acceptors (Lipinski definition) is 5. The molecule has 1 spiro atoms. The molecule has 0 atom stereocenters. The standard InChI is InChI=1S/C27H28ClF3N4O4/c1-2-39-26(38)34-13-27(14-34)20-8-5-17(29)10-21(20)35(25(27)37)12-15-3-6-18(7-4-15)33-24(36)19-9-16(28)11-32-22(19)23(30)31/h5,8-11,15,18,23H,2-4,6-7,12-14H2,1H3,(H,33,36). The Labute approximate surface area is 228 Å². The van der Waals surface area contributed by atoms with Crippen LogP contribution in [0.3, 0.4) is 0 Å². The van der Waals surface area contributed by atoms with E-state index < -0.39 is 35.4 Å². The molecule has 8 nitrogen and oxygen atoms in total. The zero-order chi connectivity index (χ0) is 27.9. The molecule has 39 heavy (non-hydrogen) atoms. The van der Waals surface area contributed by atoms with Crippen LogP contribution in [0.1, 0.15) is 60.6 Å². The van der Waals surface area contributed by atoms with Gasteiger partial charge in [-0.25, -0.2) is 18.0 Å². The summed E-state index contributed by atoms with van der Waals surface area (Å²) in [6, 6.07) is 5.27. The van der Waals surface area contributed by atoms with E-state index in [1.54, 1.807) is 17.9 Å². The van der Waals surface area contributed by atoms with Gasteiger partial charge in [0.15, 0.2) is 0 Å². The quantitative estimate of drug-likeness (QED) is 0.541. The molecule has 0 bridgehead atoms. The van der Waals surface area contributed by atoms with E-state index in [1.807, 2.05) is 0 Å². The molecule has 1 aromatic heterocycles. The molecule has 3 heterocycles. The van der Waals surface area contributed by atoms with Crippen molar-refractivity contribution in [3.8, 4) is 0 Å². The Bertz CT molecular complexity index is 1300. The number of hydrogen-bond donors (Lipinski definition) is 1. The van der Waals surface area contributed by atoms with Crippen molar-refractivity contribution in [2.45, 2.75) is 50.5 Å². The molecule has 0 radical (unpaired) electrons. The molecule has 2 aliphatic heterocycles. The van der Waals surface area contributed by atoms with Gasteiger partial charge in [0.2, 0.25) is 5.91 Å². The number of halogens is 4. The highest BCUT2D eigenvalue weighted by atomic mass is 35.5. The minimum absolute atomic E-state index is 0.0925. The fraction of sp³-hybridized carbons (Fsp3) is 0.481. The van der Waals surface area contributed by atoms with Crippen LogP contribution in [-0.4, -0.2) is 60.1 Å². The number of nitrogens with one attached hydrogen (secondary N) is 1. The molecule has 2 fully saturated rings. The highest BCUT2D eigenvalue weighted by Crippen LogP contribution is 2.48. The van der Waals surface area contributed by atoms with Gasteiger partial charge in [-0.3, -0.25) is 14.6 Å². The number of anilines is 1. The molecule has 1 aliphatic carbocycles. The van der Waals surface area contributed by atoms with Crippen molar-refractivity contribution >= 4 is 35.2 Å². The summed E-state index contributed by atoms with van der Waals surface area (Å²) >= 11 is 5.87. The third kappa shape index (κ3) is 5.04. The summed E-state index contributed by atoms with van der Waals surface area (Å²) in [7, 11) is 0. The third-order valence-corrected chi connectivity index (χ3v) is 8.03. The van der Waals surface area contributed by atoms with Gasteiger partial charge in [-0.2, -0.15) is 0 Å². The van der Waals surface area contributed by atoms with Crippen molar-refractivity contribution in [3.05, 3.63) is 58.1 Å². The predicted octanol–water partition coefficient (Wildman–Crippen LogP) is 4.86. The first-order chi connectivity index (χ1) is 18.6. The Morgan fingerprint density at radius 3 is 2.59 bits per heavy atom. The zero-order valence-electron chi connectivity index (χ0n) is 21.3. The van der Waals surface area contributed by atoms with E-state index in [9.17, 15) is 27.6 Å². The van der Waals surface area contributed by atoms with Gasteiger partial charge in [-0.05, 0) is 62.3 Å². The molecule has 1 saturated carbocycles.